The molecule has 2 aromatic carbocycles. The van der Waals surface area contributed by atoms with Gasteiger partial charge in [0.25, 0.3) is 5.91 Å². The lowest BCUT2D eigenvalue weighted by molar-refractivity contribution is -0.122. The summed E-state index contributed by atoms with van der Waals surface area (Å²) in [4.78, 5) is 12.7. The fourth-order valence-corrected chi connectivity index (χ4v) is 3.92. The monoisotopic (exact) mass is 390 g/mol. The van der Waals surface area contributed by atoms with Gasteiger partial charge in [-0.3, -0.25) is 9.10 Å². The number of carbonyl (C=O) groups excluding carboxylic acids is 1. The molecule has 0 unspecified atom stereocenters. The van der Waals surface area contributed by atoms with Gasteiger partial charge in [-0.2, -0.15) is 0 Å². The van der Waals surface area contributed by atoms with E-state index >= 15 is 0 Å². The van der Waals surface area contributed by atoms with E-state index in [1.807, 2.05) is 6.92 Å². The molecule has 1 N–H and O–H groups in total. The first-order valence-electron chi connectivity index (χ1n) is 8.27. The molecule has 1 atom stereocenters. The Balaban J connectivity index is 1.58. The van der Waals surface area contributed by atoms with E-state index in [1.165, 1.54) is 4.31 Å². The number of nitrogens with one attached hydrogen (secondary N) is 1. The lowest BCUT2D eigenvalue weighted by Crippen LogP contribution is -2.48. The highest BCUT2D eigenvalue weighted by atomic mass is 32.2. The number of fused-ring (bicyclic) bond motifs is 2. The number of hydrogen-bond donors (Lipinski definition) is 1. The molecule has 0 aromatic heterocycles. The maximum Gasteiger partial charge on any atom is 0.267 e. The number of aryl methyl sites for hydroxylation is 1. The first kappa shape index (κ1) is 17.5. The zero-order chi connectivity index (χ0) is 19.2. The van der Waals surface area contributed by atoms with E-state index in [4.69, 9.17) is 14.2 Å². The number of hydrogen-bond acceptors (Lipinski definition) is 6. The fraction of sp³-hybridized carbons (Fsp3) is 0.278. The molecule has 9 heteroatoms. The molecule has 0 spiro atoms. The Labute approximate surface area is 156 Å². The van der Waals surface area contributed by atoms with Crippen LogP contribution < -0.4 is 23.8 Å². The quantitative estimate of drug-likeness (QED) is 0.860. The van der Waals surface area contributed by atoms with Crippen molar-refractivity contribution in [2.24, 2.45) is 0 Å². The predicted octanol–water partition coefficient (Wildman–Crippen LogP) is 1.89. The molecule has 0 bridgehead atoms. The van der Waals surface area contributed by atoms with Gasteiger partial charge < -0.3 is 19.5 Å². The summed E-state index contributed by atoms with van der Waals surface area (Å²) in [7, 11) is -3.57. The number of benzene rings is 2. The highest BCUT2D eigenvalue weighted by Gasteiger charge is 2.35. The van der Waals surface area contributed by atoms with E-state index in [9.17, 15) is 13.2 Å². The van der Waals surface area contributed by atoms with Crippen LogP contribution in [0.1, 0.15) is 5.56 Å². The zero-order valence-electron chi connectivity index (χ0n) is 14.8. The molecular weight excluding hydrogens is 372 g/mol. The average molecular weight is 390 g/mol. The lowest BCUT2D eigenvalue weighted by Gasteiger charge is -2.34. The minimum Gasteiger partial charge on any atom is -0.476 e. The molecular formula is C18H18N2O6S. The topological polar surface area (TPSA) is 94.2 Å². The molecule has 2 heterocycles. The van der Waals surface area contributed by atoms with Crippen molar-refractivity contribution in [2.75, 3.05) is 29.2 Å². The van der Waals surface area contributed by atoms with Gasteiger partial charge in [0, 0.05) is 11.8 Å². The van der Waals surface area contributed by atoms with Crippen molar-refractivity contribution in [1.29, 1.82) is 0 Å². The van der Waals surface area contributed by atoms with Gasteiger partial charge in [-0.25, -0.2) is 8.42 Å². The molecule has 2 aliphatic rings. The zero-order valence-corrected chi connectivity index (χ0v) is 15.6. The van der Waals surface area contributed by atoms with Crippen molar-refractivity contribution < 1.29 is 27.4 Å². The van der Waals surface area contributed by atoms with Crippen LogP contribution in [-0.4, -0.2) is 40.0 Å². The van der Waals surface area contributed by atoms with Gasteiger partial charge in [-0.1, -0.05) is 6.07 Å². The van der Waals surface area contributed by atoms with Gasteiger partial charge in [-0.05, 0) is 36.8 Å². The average Bonchev–Trinajstić information content (AvgIpc) is 3.07. The second kappa shape index (κ2) is 6.34. The van der Waals surface area contributed by atoms with Crippen molar-refractivity contribution in [3.05, 3.63) is 42.0 Å². The number of ether oxygens (including phenoxy) is 3. The van der Waals surface area contributed by atoms with Crippen LogP contribution in [-0.2, 0) is 14.8 Å². The Hall–Kier alpha value is -2.94. The first-order valence-corrected chi connectivity index (χ1v) is 10.1. The number of amides is 1. The molecule has 8 nitrogen and oxygen atoms in total. The number of rotatable bonds is 3. The van der Waals surface area contributed by atoms with Crippen LogP contribution in [0.2, 0.25) is 0 Å². The van der Waals surface area contributed by atoms with E-state index in [1.54, 1.807) is 36.4 Å². The summed E-state index contributed by atoms with van der Waals surface area (Å²) in [5.74, 6) is 1.04. The molecule has 4 rings (SSSR count). The number of carbonyl (C=O) groups is 1. The normalized spacial score (nSPS) is 17.9. The number of sulfonamides is 1. The van der Waals surface area contributed by atoms with Crippen molar-refractivity contribution >= 4 is 27.3 Å². The highest BCUT2D eigenvalue weighted by molar-refractivity contribution is 7.92. The molecule has 142 valence electrons. The molecule has 2 aliphatic heterocycles. The van der Waals surface area contributed by atoms with Crippen LogP contribution in [0, 0.1) is 6.92 Å². The maximum absolute atomic E-state index is 12.7. The fourth-order valence-electron chi connectivity index (χ4n) is 3.01. The van der Waals surface area contributed by atoms with Gasteiger partial charge >= 0.3 is 0 Å². The summed E-state index contributed by atoms with van der Waals surface area (Å²) in [6.07, 6.45) is 0.123. The van der Waals surface area contributed by atoms with E-state index in [2.05, 4.69) is 5.32 Å². The third kappa shape index (κ3) is 3.37. The third-order valence-electron chi connectivity index (χ3n) is 4.32. The van der Waals surface area contributed by atoms with Crippen molar-refractivity contribution in [3.8, 4) is 17.2 Å². The van der Waals surface area contributed by atoms with Crippen LogP contribution in [0.5, 0.6) is 17.2 Å². The Morgan fingerprint density at radius 3 is 2.63 bits per heavy atom. The van der Waals surface area contributed by atoms with Gasteiger partial charge in [-0.15, -0.1) is 0 Å². The highest BCUT2D eigenvalue weighted by Crippen LogP contribution is 2.37. The maximum atomic E-state index is 12.7. The molecule has 27 heavy (non-hydrogen) atoms. The summed E-state index contributed by atoms with van der Waals surface area (Å²) in [5.41, 5.74) is 1.84. The Bertz CT molecular complexity index is 1020. The van der Waals surface area contributed by atoms with Gasteiger partial charge in [0.1, 0.15) is 5.75 Å². The third-order valence-corrected chi connectivity index (χ3v) is 5.46. The van der Waals surface area contributed by atoms with Gasteiger partial charge in [0.05, 0.1) is 18.5 Å². The van der Waals surface area contributed by atoms with Crippen LogP contribution in [0.4, 0.5) is 11.4 Å². The molecule has 1 amide bonds. The minimum absolute atomic E-state index is 0.105. The molecule has 2 aromatic rings. The number of anilines is 2. The van der Waals surface area contributed by atoms with Crippen LogP contribution in [0.3, 0.4) is 0 Å². The molecule has 0 aliphatic carbocycles. The summed E-state index contributed by atoms with van der Waals surface area (Å²) in [6, 6.07) is 10.2. The van der Waals surface area contributed by atoms with E-state index in [-0.39, 0.29) is 13.3 Å². The Kier molecular flexibility index (Phi) is 4.11. The summed E-state index contributed by atoms with van der Waals surface area (Å²) >= 11 is 0. The predicted molar refractivity (Wildman–Crippen MR) is 99.0 cm³/mol. The van der Waals surface area contributed by atoms with Crippen LogP contribution in [0.15, 0.2) is 36.4 Å². The van der Waals surface area contributed by atoms with E-state index in [0.717, 1.165) is 11.8 Å². The second-order valence-corrected chi connectivity index (χ2v) is 8.34. The summed E-state index contributed by atoms with van der Waals surface area (Å²) in [6.45, 7) is 1.89. The lowest BCUT2D eigenvalue weighted by atomic mass is 10.1. The number of nitrogens with zero attached hydrogens (tertiary/aromatic N) is 1. The van der Waals surface area contributed by atoms with Crippen LogP contribution in [0.25, 0.3) is 0 Å². The molecule has 0 saturated carbocycles. The largest absolute Gasteiger partial charge is 0.476 e. The van der Waals surface area contributed by atoms with Crippen molar-refractivity contribution in [1.82, 2.24) is 0 Å². The van der Waals surface area contributed by atoms with Crippen molar-refractivity contribution in [3.63, 3.8) is 0 Å². The Morgan fingerprint density at radius 2 is 1.85 bits per heavy atom. The SMILES string of the molecule is Cc1ccc2c(c1)N(S(C)(=O)=O)C[C@@H](C(=O)Nc1ccc3c(c1)OCO3)O2. The van der Waals surface area contributed by atoms with E-state index < -0.39 is 22.0 Å². The first-order chi connectivity index (χ1) is 12.8. The summed E-state index contributed by atoms with van der Waals surface area (Å²) in [5, 5.41) is 2.73. The molecule has 0 radical (unpaired) electrons. The van der Waals surface area contributed by atoms with Crippen molar-refractivity contribution in [2.45, 2.75) is 13.0 Å². The smallest absolute Gasteiger partial charge is 0.267 e. The van der Waals surface area contributed by atoms with Gasteiger partial charge in [0.2, 0.25) is 16.8 Å². The second-order valence-electron chi connectivity index (χ2n) is 6.43. The molecule has 0 fully saturated rings. The molecule has 0 saturated heterocycles. The van der Waals surface area contributed by atoms with E-state index in [0.29, 0.717) is 28.6 Å². The minimum atomic E-state index is -3.57. The van der Waals surface area contributed by atoms with Crippen LogP contribution >= 0.6 is 0 Å². The summed E-state index contributed by atoms with van der Waals surface area (Å²) < 4.78 is 41.9. The Morgan fingerprint density at radius 1 is 1.11 bits per heavy atom. The van der Waals surface area contributed by atoms with Gasteiger partial charge in [0.15, 0.2) is 17.6 Å². The standard InChI is InChI=1S/C18H18N2O6S/c1-11-3-5-14-13(7-11)20(27(2,22)23)9-17(26-14)18(21)19-12-4-6-15-16(8-12)25-10-24-15/h3-8,17H,9-10H2,1-2H3,(H,19,21)/t17-/m0/s1.